The van der Waals surface area contributed by atoms with E-state index < -0.39 is 11.2 Å². The second-order valence-electron chi connectivity index (χ2n) is 4.21. The van der Waals surface area contributed by atoms with Crippen molar-refractivity contribution in [1.82, 2.24) is 0 Å². The summed E-state index contributed by atoms with van der Waals surface area (Å²) < 4.78 is 10.8. The third-order valence-corrected chi connectivity index (χ3v) is 3.11. The first-order valence-electron chi connectivity index (χ1n) is 5.13. The third-order valence-electron chi connectivity index (χ3n) is 3.11. The highest BCUT2D eigenvalue weighted by atomic mass is 16.6. The number of hydrogen-bond acceptors (Lipinski definition) is 4. The van der Waals surface area contributed by atoms with E-state index in [1.807, 2.05) is 0 Å². The summed E-state index contributed by atoms with van der Waals surface area (Å²) in [4.78, 5) is 0. The van der Waals surface area contributed by atoms with Crippen LogP contribution in [0.3, 0.4) is 0 Å². The van der Waals surface area contributed by atoms with E-state index in [1.54, 1.807) is 14.0 Å². The monoisotopic (exact) mass is 203 g/mol. The fourth-order valence-corrected chi connectivity index (χ4v) is 1.97. The van der Waals surface area contributed by atoms with E-state index >= 15 is 0 Å². The predicted octanol–water partition coefficient (Wildman–Crippen LogP) is 0.282. The first-order valence-corrected chi connectivity index (χ1v) is 5.13. The van der Waals surface area contributed by atoms with Crippen LogP contribution in [0.25, 0.3) is 0 Å². The van der Waals surface area contributed by atoms with Crippen LogP contribution in [0.2, 0.25) is 0 Å². The van der Waals surface area contributed by atoms with Crippen LogP contribution in [-0.4, -0.2) is 43.2 Å². The van der Waals surface area contributed by atoms with Gasteiger partial charge in [0.15, 0.2) is 0 Å². The largest absolute Gasteiger partial charge is 0.386 e. The van der Waals surface area contributed by atoms with Gasteiger partial charge in [0.2, 0.25) is 0 Å². The van der Waals surface area contributed by atoms with Crippen molar-refractivity contribution in [3.63, 3.8) is 0 Å². The molecule has 1 rings (SSSR count). The number of hydrogen-bond donors (Lipinski definition) is 2. The molecule has 0 amide bonds. The molecule has 2 atom stereocenters. The summed E-state index contributed by atoms with van der Waals surface area (Å²) in [7, 11) is 1.62. The van der Waals surface area contributed by atoms with E-state index in [1.165, 1.54) is 0 Å². The summed E-state index contributed by atoms with van der Waals surface area (Å²) in [6, 6.07) is 0. The minimum atomic E-state index is -1.01. The lowest BCUT2D eigenvalue weighted by molar-refractivity contribution is -0.212. The summed E-state index contributed by atoms with van der Waals surface area (Å²) in [5.41, 5.74) is 3.94. The molecule has 0 aliphatic carbocycles. The highest BCUT2D eigenvalue weighted by Crippen LogP contribution is 2.34. The summed E-state index contributed by atoms with van der Waals surface area (Å²) in [5, 5.41) is 10.2. The molecule has 0 saturated carbocycles. The second kappa shape index (κ2) is 4.57. The van der Waals surface area contributed by atoms with E-state index in [4.69, 9.17) is 15.2 Å². The Morgan fingerprint density at radius 1 is 1.57 bits per heavy atom. The lowest BCUT2D eigenvalue weighted by atomic mass is 9.79. The average molecular weight is 203 g/mol. The van der Waals surface area contributed by atoms with E-state index in [2.05, 4.69) is 0 Å². The third kappa shape index (κ3) is 2.08. The maximum absolute atomic E-state index is 10.2. The summed E-state index contributed by atoms with van der Waals surface area (Å²) in [5.74, 6) is 0. The molecule has 4 nitrogen and oxygen atoms in total. The molecule has 1 heterocycles. The van der Waals surface area contributed by atoms with Crippen LogP contribution in [0.5, 0.6) is 0 Å². The number of ether oxygens (including phenoxy) is 2. The summed E-state index contributed by atoms with van der Waals surface area (Å²) in [6.45, 7) is 2.99. The zero-order chi connectivity index (χ0) is 10.7. The lowest BCUT2D eigenvalue weighted by Gasteiger charge is -2.46. The molecule has 1 aliphatic rings. The molecule has 3 N–H and O–H groups in total. The SMILES string of the molecule is COCC1(C(C)(O)CN)CCCCO1. The molecule has 4 heteroatoms. The minimum absolute atomic E-state index is 0.191. The van der Waals surface area contributed by atoms with Crippen LogP contribution < -0.4 is 5.73 Å². The molecule has 1 aliphatic heterocycles. The molecule has 14 heavy (non-hydrogen) atoms. The molecule has 1 fully saturated rings. The molecule has 0 aromatic carbocycles. The average Bonchev–Trinajstić information content (AvgIpc) is 2.19. The number of nitrogens with two attached hydrogens (primary N) is 1. The van der Waals surface area contributed by atoms with Gasteiger partial charge in [-0.15, -0.1) is 0 Å². The van der Waals surface area contributed by atoms with Crippen LogP contribution in [0, 0.1) is 0 Å². The first kappa shape index (κ1) is 11.9. The number of rotatable bonds is 4. The molecule has 0 aromatic heterocycles. The van der Waals surface area contributed by atoms with Gasteiger partial charge in [0.05, 0.1) is 6.61 Å². The van der Waals surface area contributed by atoms with Gasteiger partial charge in [-0.05, 0) is 26.2 Å². The van der Waals surface area contributed by atoms with Gasteiger partial charge in [-0.25, -0.2) is 0 Å². The Hall–Kier alpha value is -0.160. The number of aliphatic hydroxyl groups is 1. The lowest BCUT2D eigenvalue weighted by Crippen LogP contribution is -2.61. The minimum Gasteiger partial charge on any atom is -0.386 e. The highest BCUT2D eigenvalue weighted by molar-refractivity contribution is 5.00. The quantitative estimate of drug-likeness (QED) is 0.689. The zero-order valence-electron chi connectivity index (χ0n) is 9.08. The number of methoxy groups -OCH3 is 1. The van der Waals surface area contributed by atoms with Gasteiger partial charge in [-0.2, -0.15) is 0 Å². The Labute approximate surface area is 85.4 Å². The van der Waals surface area contributed by atoms with Gasteiger partial charge in [0.25, 0.3) is 0 Å². The van der Waals surface area contributed by atoms with Crippen molar-refractivity contribution in [2.45, 2.75) is 37.4 Å². The van der Waals surface area contributed by atoms with Crippen molar-refractivity contribution in [2.75, 3.05) is 26.9 Å². The molecular weight excluding hydrogens is 182 g/mol. The Bertz CT molecular complexity index is 171. The van der Waals surface area contributed by atoms with Gasteiger partial charge in [0, 0.05) is 20.3 Å². The fraction of sp³-hybridized carbons (Fsp3) is 1.00. The van der Waals surface area contributed by atoms with E-state index in [0.717, 1.165) is 19.3 Å². The molecule has 0 aromatic rings. The molecule has 84 valence electrons. The summed E-state index contributed by atoms with van der Waals surface area (Å²) >= 11 is 0. The Balaban J connectivity index is 2.78. The molecule has 2 unspecified atom stereocenters. The topological polar surface area (TPSA) is 64.7 Å². The van der Waals surface area contributed by atoms with Crippen molar-refractivity contribution in [1.29, 1.82) is 0 Å². The highest BCUT2D eigenvalue weighted by Gasteiger charge is 2.48. The normalized spacial score (nSPS) is 32.6. The standard InChI is InChI=1S/C10H21NO3/c1-9(12,7-11)10(8-13-2)5-3-4-6-14-10/h12H,3-8,11H2,1-2H3. The predicted molar refractivity (Wildman–Crippen MR) is 54.1 cm³/mol. The van der Waals surface area contributed by atoms with Gasteiger partial charge in [-0.3, -0.25) is 0 Å². The van der Waals surface area contributed by atoms with Crippen molar-refractivity contribution >= 4 is 0 Å². The Morgan fingerprint density at radius 2 is 2.29 bits per heavy atom. The Kier molecular flexibility index (Phi) is 3.89. The van der Waals surface area contributed by atoms with Crippen LogP contribution in [0.1, 0.15) is 26.2 Å². The molecule has 0 radical (unpaired) electrons. The van der Waals surface area contributed by atoms with Crippen LogP contribution >= 0.6 is 0 Å². The van der Waals surface area contributed by atoms with Crippen molar-refractivity contribution in [3.05, 3.63) is 0 Å². The fourth-order valence-electron chi connectivity index (χ4n) is 1.97. The first-order chi connectivity index (χ1) is 6.58. The molecular formula is C10H21NO3. The molecule has 0 spiro atoms. The van der Waals surface area contributed by atoms with Crippen molar-refractivity contribution in [2.24, 2.45) is 5.73 Å². The summed E-state index contributed by atoms with van der Waals surface area (Å²) in [6.07, 6.45) is 2.91. The maximum Gasteiger partial charge on any atom is 0.121 e. The van der Waals surface area contributed by atoms with Gasteiger partial charge in [-0.1, -0.05) is 0 Å². The van der Waals surface area contributed by atoms with Crippen LogP contribution in [0.4, 0.5) is 0 Å². The molecule has 0 bridgehead atoms. The van der Waals surface area contributed by atoms with Crippen molar-refractivity contribution < 1.29 is 14.6 Å². The van der Waals surface area contributed by atoms with Gasteiger partial charge < -0.3 is 20.3 Å². The van der Waals surface area contributed by atoms with Crippen LogP contribution in [-0.2, 0) is 9.47 Å². The van der Waals surface area contributed by atoms with Gasteiger partial charge in [0.1, 0.15) is 11.2 Å². The smallest absolute Gasteiger partial charge is 0.121 e. The van der Waals surface area contributed by atoms with E-state index in [-0.39, 0.29) is 6.54 Å². The molecule has 1 saturated heterocycles. The van der Waals surface area contributed by atoms with Crippen molar-refractivity contribution in [3.8, 4) is 0 Å². The maximum atomic E-state index is 10.2. The zero-order valence-corrected chi connectivity index (χ0v) is 9.08. The van der Waals surface area contributed by atoms with E-state index in [9.17, 15) is 5.11 Å². The second-order valence-corrected chi connectivity index (χ2v) is 4.21. The van der Waals surface area contributed by atoms with Gasteiger partial charge >= 0.3 is 0 Å². The van der Waals surface area contributed by atoms with E-state index in [0.29, 0.717) is 13.2 Å². The Morgan fingerprint density at radius 3 is 2.71 bits per heavy atom. The van der Waals surface area contributed by atoms with Crippen LogP contribution in [0.15, 0.2) is 0 Å².